The SMILES string of the molecule is COc1ccccc1C(=O)NCC1(C2C=CSC2)CCC(OC(C)=O)CC1. The summed E-state index contributed by atoms with van der Waals surface area (Å²) in [5.41, 5.74) is 0.564. The molecule has 1 aromatic rings. The fraction of sp³-hybridized carbons (Fsp3) is 0.524. The van der Waals surface area contributed by atoms with Gasteiger partial charge in [-0.2, -0.15) is 0 Å². The van der Waals surface area contributed by atoms with Crippen LogP contribution in [0.15, 0.2) is 35.7 Å². The van der Waals surface area contributed by atoms with Crippen molar-refractivity contribution in [3.63, 3.8) is 0 Å². The number of nitrogens with one attached hydrogen (secondary N) is 1. The van der Waals surface area contributed by atoms with Gasteiger partial charge in [0.1, 0.15) is 11.9 Å². The second kappa shape index (κ2) is 8.83. The smallest absolute Gasteiger partial charge is 0.302 e. The first-order valence-corrected chi connectivity index (χ1v) is 10.5. The number of methoxy groups -OCH3 is 1. The van der Waals surface area contributed by atoms with Gasteiger partial charge in [0.15, 0.2) is 0 Å². The number of para-hydroxylation sites is 1. The van der Waals surface area contributed by atoms with Crippen molar-refractivity contribution in [3.8, 4) is 5.75 Å². The van der Waals surface area contributed by atoms with Crippen molar-refractivity contribution in [1.29, 1.82) is 0 Å². The molecule has 1 aromatic carbocycles. The van der Waals surface area contributed by atoms with Crippen molar-refractivity contribution in [2.75, 3.05) is 19.4 Å². The lowest BCUT2D eigenvalue weighted by atomic mass is 9.65. The normalized spacial score (nSPS) is 27.2. The number of amides is 1. The molecule has 1 aliphatic carbocycles. The standard InChI is InChI=1S/C21H27NO4S/c1-15(23)26-17-7-10-21(11-8-17,16-9-12-27-13-16)14-22-20(24)18-5-3-4-6-19(18)25-2/h3-6,9,12,16-17H,7-8,10-11,13-14H2,1-2H3,(H,22,24). The maximum absolute atomic E-state index is 12.8. The maximum Gasteiger partial charge on any atom is 0.302 e. The number of hydrogen-bond acceptors (Lipinski definition) is 5. The molecule has 1 aliphatic heterocycles. The maximum atomic E-state index is 12.8. The lowest BCUT2D eigenvalue weighted by molar-refractivity contribution is -0.149. The Hall–Kier alpha value is -1.95. The van der Waals surface area contributed by atoms with Crippen molar-refractivity contribution in [1.82, 2.24) is 5.32 Å². The van der Waals surface area contributed by atoms with Crippen molar-refractivity contribution in [2.45, 2.75) is 38.7 Å². The molecule has 1 saturated carbocycles. The van der Waals surface area contributed by atoms with Gasteiger partial charge in [0, 0.05) is 19.2 Å². The van der Waals surface area contributed by atoms with Crippen LogP contribution >= 0.6 is 11.8 Å². The molecular formula is C21H27NO4S. The Balaban J connectivity index is 1.69. The molecule has 0 radical (unpaired) electrons. The molecule has 0 spiro atoms. The van der Waals surface area contributed by atoms with Crippen molar-refractivity contribution in [3.05, 3.63) is 41.3 Å². The summed E-state index contributed by atoms with van der Waals surface area (Å²) in [6.07, 6.45) is 5.84. The average Bonchev–Trinajstić information content (AvgIpc) is 3.22. The van der Waals surface area contributed by atoms with Gasteiger partial charge in [-0.25, -0.2) is 0 Å². The monoisotopic (exact) mass is 389 g/mol. The summed E-state index contributed by atoms with van der Waals surface area (Å²) in [6, 6.07) is 7.27. The number of benzene rings is 1. The second-order valence-electron chi connectivity index (χ2n) is 7.32. The number of allylic oxidation sites excluding steroid dienone is 1. The minimum absolute atomic E-state index is 0.00132. The molecule has 6 heteroatoms. The minimum Gasteiger partial charge on any atom is -0.496 e. The van der Waals surface area contributed by atoms with Gasteiger partial charge in [-0.1, -0.05) is 18.2 Å². The topological polar surface area (TPSA) is 64.6 Å². The lowest BCUT2D eigenvalue weighted by Crippen LogP contribution is -2.46. The van der Waals surface area contributed by atoms with Gasteiger partial charge < -0.3 is 14.8 Å². The molecule has 1 amide bonds. The van der Waals surface area contributed by atoms with E-state index in [-0.39, 0.29) is 23.4 Å². The summed E-state index contributed by atoms with van der Waals surface area (Å²) < 4.78 is 10.7. The van der Waals surface area contributed by atoms with Gasteiger partial charge in [0.05, 0.1) is 12.7 Å². The fourth-order valence-electron chi connectivity index (χ4n) is 4.13. The predicted octanol–water partition coefficient (Wildman–Crippen LogP) is 3.79. The number of carbonyl (C=O) groups is 2. The third-order valence-corrected chi connectivity index (χ3v) is 6.58. The van der Waals surface area contributed by atoms with Gasteiger partial charge in [-0.05, 0) is 54.6 Å². The Morgan fingerprint density at radius 3 is 2.63 bits per heavy atom. The number of thioether (sulfide) groups is 1. The van der Waals surface area contributed by atoms with Gasteiger partial charge in [0.25, 0.3) is 5.91 Å². The third-order valence-electron chi connectivity index (χ3n) is 5.68. The van der Waals surface area contributed by atoms with Crippen LogP contribution in [0.25, 0.3) is 0 Å². The number of esters is 1. The van der Waals surface area contributed by atoms with Crippen LogP contribution in [-0.2, 0) is 9.53 Å². The zero-order valence-electron chi connectivity index (χ0n) is 15.9. The van der Waals surface area contributed by atoms with E-state index in [1.54, 1.807) is 19.2 Å². The predicted molar refractivity (Wildman–Crippen MR) is 107 cm³/mol. The molecule has 27 heavy (non-hydrogen) atoms. The Labute approximate surface area is 164 Å². The summed E-state index contributed by atoms with van der Waals surface area (Å²) in [5.74, 6) is 1.73. The van der Waals surface area contributed by atoms with Crippen LogP contribution in [0.1, 0.15) is 43.0 Å². The highest BCUT2D eigenvalue weighted by molar-refractivity contribution is 8.02. The van der Waals surface area contributed by atoms with Gasteiger partial charge in [0.2, 0.25) is 0 Å². The molecule has 3 rings (SSSR count). The molecule has 0 aromatic heterocycles. The number of ether oxygens (including phenoxy) is 2. The Morgan fingerprint density at radius 2 is 2.00 bits per heavy atom. The first-order chi connectivity index (χ1) is 13.0. The average molecular weight is 390 g/mol. The summed E-state index contributed by atoms with van der Waals surface area (Å²) in [5, 5.41) is 5.31. The van der Waals surface area contributed by atoms with E-state index in [1.807, 2.05) is 23.9 Å². The highest BCUT2D eigenvalue weighted by Gasteiger charge is 2.42. The van der Waals surface area contributed by atoms with Gasteiger partial charge >= 0.3 is 5.97 Å². The van der Waals surface area contributed by atoms with Crippen LogP contribution in [0.5, 0.6) is 5.75 Å². The molecule has 2 aliphatic rings. The number of hydrogen-bond donors (Lipinski definition) is 1. The number of rotatable bonds is 6. The molecule has 1 unspecified atom stereocenters. The van der Waals surface area contributed by atoms with Crippen LogP contribution in [-0.4, -0.2) is 37.4 Å². The van der Waals surface area contributed by atoms with Crippen molar-refractivity contribution < 1.29 is 19.1 Å². The van der Waals surface area contributed by atoms with E-state index in [0.29, 0.717) is 23.8 Å². The van der Waals surface area contributed by atoms with Crippen LogP contribution in [0.4, 0.5) is 0 Å². The van der Waals surface area contributed by atoms with E-state index in [9.17, 15) is 9.59 Å². The van der Waals surface area contributed by atoms with Gasteiger partial charge in [-0.3, -0.25) is 9.59 Å². The summed E-state index contributed by atoms with van der Waals surface area (Å²) in [4.78, 5) is 24.0. The summed E-state index contributed by atoms with van der Waals surface area (Å²) in [6.45, 7) is 2.08. The van der Waals surface area contributed by atoms with E-state index >= 15 is 0 Å². The van der Waals surface area contributed by atoms with E-state index in [0.717, 1.165) is 31.4 Å². The van der Waals surface area contributed by atoms with Crippen molar-refractivity contribution in [2.24, 2.45) is 11.3 Å². The molecule has 146 valence electrons. The first kappa shape index (κ1) is 19.8. The highest BCUT2D eigenvalue weighted by atomic mass is 32.2. The zero-order valence-corrected chi connectivity index (χ0v) is 16.7. The van der Waals surface area contributed by atoms with E-state index in [2.05, 4.69) is 16.8 Å². The molecule has 0 bridgehead atoms. The second-order valence-corrected chi connectivity index (χ2v) is 8.26. The molecular weight excluding hydrogens is 362 g/mol. The quantitative estimate of drug-likeness (QED) is 0.750. The van der Waals surface area contributed by atoms with E-state index in [4.69, 9.17) is 9.47 Å². The summed E-state index contributed by atoms with van der Waals surface area (Å²) >= 11 is 1.82. The summed E-state index contributed by atoms with van der Waals surface area (Å²) in [7, 11) is 1.57. The van der Waals surface area contributed by atoms with Gasteiger partial charge in [-0.15, -0.1) is 11.8 Å². The Morgan fingerprint density at radius 1 is 1.26 bits per heavy atom. The molecule has 1 heterocycles. The molecule has 1 N–H and O–H groups in total. The molecule has 1 fully saturated rings. The Kier molecular flexibility index (Phi) is 6.47. The van der Waals surface area contributed by atoms with Crippen LogP contribution < -0.4 is 10.1 Å². The van der Waals surface area contributed by atoms with Crippen LogP contribution in [0.2, 0.25) is 0 Å². The fourth-order valence-corrected chi connectivity index (χ4v) is 5.21. The third kappa shape index (κ3) is 4.67. The van der Waals surface area contributed by atoms with Crippen LogP contribution in [0.3, 0.4) is 0 Å². The highest BCUT2D eigenvalue weighted by Crippen LogP contribution is 2.47. The van der Waals surface area contributed by atoms with E-state index in [1.165, 1.54) is 6.92 Å². The van der Waals surface area contributed by atoms with Crippen LogP contribution in [0, 0.1) is 11.3 Å². The Bertz CT molecular complexity index is 710. The largest absolute Gasteiger partial charge is 0.496 e. The number of carbonyl (C=O) groups excluding carboxylic acids is 2. The molecule has 0 saturated heterocycles. The minimum atomic E-state index is -0.215. The molecule has 1 atom stereocenters. The van der Waals surface area contributed by atoms with E-state index < -0.39 is 0 Å². The first-order valence-electron chi connectivity index (χ1n) is 9.41. The molecule has 5 nitrogen and oxygen atoms in total. The lowest BCUT2D eigenvalue weighted by Gasteiger charge is -2.43. The van der Waals surface area contributed by atoms with Crippen molar-refractivity contribution >= 4 is 23.6 Å². The zero-order chi connectivity index (χ0) is 19.3.